The van der Waals surface area contributed by atoms with Crippen LogP contribution in [0.2, 0.25) is 0 Å². The monoisotopic (exact) mass is 372 g/mol. The Labute approximate surface area is 148 Å². The highest BCUT2D eigenvalue weighted by Crippen LogP contribution is 2.25. The van der Waals surface area contributed by atoms with Crippen LogP contribution in [-0.4, -0.2) is 19.6 Å². The summed E-state index contributed by atoms with van der Waals surface area (Å²) in [5.74, 6) is 0. The molecular weight excluding hydrogens is 364 g/mol. The molecule has 12 heteroatoms. The molecule has 130 valence electrons. The number of nitrogens with zero attached hydrogens (tertiary/aromatic N) is 6. The van der Waals surface area contributed by atoms with Gasteiger partial charge in [0, 0.05) is 29.8 Å². The molecule has 1 aromatic heterocycles. The fourth-order valence-corrected chi connectivity index (χ4v) is 2.98. The standard InChI is InChI=1S/C14H8N6O5S/c21-17-15-14-18(10-4-6-11(7-5-10)19(22)23)16-13(26-14)9-2-1-3-12(8-9)20(24)25/h1-8H/b15-14+. The van der Waals surface area contributed by atoms with Crippen molar-refractivity contribution in [2.24, 2.45) is 10.4 Å². The van der Waals surface area contributed by atoms with Crippen molar-refractivity contribution in [3.05, 3.63) is 78.5 Å². The Balaban J connectivity index is 2.11. The Bertz CT molecular complexity index is 1070. The van der Waals surface area contributed by atoms with Crippen molar-refractivity contribution in [2.45, 2.75) is 0 Å². The van der Waals surface area contributed by atoms with Crippen LogP contribution in [0, 0.1) is 25.1 Å². The first-order chi connectivity index (χ1) is 12.5. The molecular formula is C14H8N6O5S. The number of rotatable bonds is 5. The molecule has 0 aliphatic rings. The summed E-state index contributed by atoms with van der Waals surface area (Å²) in [6.45, 7) is 0. The highest BCUT2D eigenvalue weighted by atomic mass is 32.1. The molecule has 0 N–H and O–H groups in total. The zero-order chi connectivity index (χ0) is 18.7. The number of benzene rings is 2. The Kier molecular flexibility index (Phi) is 4.57. The fraction of sp³-hybridized carbons (Fsp3) is 0. The first kappa shape index (κ1) is 17.0. The third kappa shape index (κ3) is 3.34. The lowest BCUT2D eigenvalue weighted by Crippen LogP contribution is -2.13. The van der Waals surface area contributed by atoms with Crippen molar-refractivity contribution in [3.63, 3.8) is 0 Å². The van der Waals surface area contributed by atoms with E-state index in [1.54, 1.807) is 6.07 Å². The summed E-state index contributed by atoms with van der Waals surface area (Å²) in [7, 11) is 0. The summed E-state index contributed by atoms with van der Waals surface area (Å²) >= 11 is 0.998. The van der Waals surface area contributed by atoms with Crippen molar-refractivity contribution in [2.75, 3.05) is 0 Å². The SMILES string of the molecule is O=N/N=c1/sc(-c2cccc([N+](=O)[O-])c2)nn1-c1ccc([N+](=O)[O-])cc1. The molecule has 0 aliphatic carbocycles. The minimum Gasteiger partial charge on any atom is -0.258 e. The summed E-state index contributed by atoms with van der Waals surface area (Å²) in [5.41, 5.74) is 0.681. The van der Waals surface area contributed by atoms with Gasteiger partial charge in [-0.25, -0.2) is 4.68 Å². The van der Waals surface area contributed by atoms with Gasteiger partial charge in [0.2, 0.25) is 4.80 Å². The highest BCUT2D eigenvalue weighted by Gasteiger charge is 2.14. The second-order valence-electron chi connectivity index (χ2n) is 4.86. The maximum atomic E-state index is 10.9. The van der Waals surface area contributed by atoms with Crippen molar-refractivity contribution >= 4 is 22.7 Å². The predicted molar refractivity (Wildman–Crippen MR) is 91.5 cm³/mol. The topological polar surface area (TPSA) is 146 Å². The van der Waals surface area contributed by atoms with E-state index in [0.29, 0.717) is 16.3 Å². The van der Waals surface area contributed by atoms with Crippen LogP contribution in [0.25, 0.3) is 16.3 Å². The Morgan fingerprint density at radius 3 is 2.31 bits per heavy atom. The lowest BCUT2D eigenvalue weighted by Gasteiger charge is -2.00. The van der Waals surface area contributed by atoms with Crippen LogP contribution in [0.1, 0.15) is 0 Å². The average Bonchev–Trinajstić information content (AvgIpc) is 3.06. The number of hydrogen-bond donors (Lipinski definition) is 0. The molecule has 0 fully saturated rings. The molecule has 0 saturated heterocycles. The van der Waals surface area contributed by atoms with Crippen molar-refractivity contribution in [3.8, 4) is 16.3 Å². The summed E-state index contributed by atoms with van der Waals surface area (Å²) in [5, 5.41) is 32.3. The largest absolute Gasteiger partial charge is 0.270 e. The van der Waals surface area contributed by atoms with Crippen LogP contribution in [0.5, 0.6) is 0 Å². The molecule has 11 nitrogen and oxygen atoms in total. The molecule has 0 saturated carbocycles. The smallest absolute Gasteiger partial charge is 0.258 e. The lowest BCUT2D eigenvalue weighted by molar-refractivity contribution is -0.385. The molecule has 0 radical (unpaired) electrons. The van der Waals surface area contributed by atoms with Gasteiger partial charge in [-0.05, 0) is 12.1 Å². The van der Waals surface area contributed by atoms with Gasteiger partial charge in [0.05, 0.1) is 20.8 Å². The average molecular weight is 372 g/mol. The molecule has 0 amide bonds. The van der Waals surface area contributed by atoms with Crippen LogP contribution in [-0.2, 0) is 0 Å². The molecule has 3 rings (SSSR count). The van der Waals surface area contributed by atoms with E-state index in [2.05, 4.69) is 15.5 Å². The van der Waals surface area contributed by atoms with Crippen molar-refractivity contribution < 1.29 is 9.85 Å². The molecule has 1 heterocycles. The molecule has 0 unspecified atom stereocenters. The van der Waals surface area contributed by atoms with Gasteiger partial charge in [-0.1, -0.05) is 28.6 Å². The van der Waals surface area contributed by atoms with Crippen LogP contribution in [0.15, 0.2) is 58.9 Å². The maximum absolute atomic E-state index is 10.9. The summed E-state index contributed by atoms with van der Waals surface area (Å²) in [6.07, 6.45) is 0. The van der Waals surface area contributed by atoms with E-state index in [1.165, 1.54) is 47.1 Å². The Morgan fingerprint density at radius 1 is 1.00 bits per heavy atom. The van der Waals surface area contributed by atoms with Gasteiger partial charge in [-0.3, -0.25) is 20.2 Å². The zero-order valence-corrected chi connectivity index (χ0v) is 13.6. The first-order valence-electron chi connectivity index (χ1n) is 6.96. The quantitative estimate of drug-likeness (QED) is 0.382. The minimum absolute atomic E-state index is 0.101. The summed E-state index contributed by atoms with van der Waals surface area (Å²) in [6, 6.07) is 11.3. The van der Waals surface area contributed by atoms with Gasteiger partial charge in [0.1, 0.15) is 5.01 Å². The number of hydrogen-bond acceptors (Lipinski definition) is 8. The summed E-state index contributed by atoms with van der Waals surface area (Å²) < 4.78 is 1.28. The second kappa shape index (κ2) is 6.98. The third-order valence-corrected chi connectivity index (χ3v) is 4.24. The zero-order valence-electron chi connectivity index (χ0n) is 12.8. The number of nitroso groups, excluding NO2 is 1. The second-order valence-corrected chi connectivity index (χ2v) is 5.82. The molecule has 0 atom stereocenters. The van der Waals surface area contributed by atoms with Gasteiger partial charge in [-0.2, -0.15) is 5.10 Å². The van der Waals surface area contributed by atoms with Crippen LogP contribution < -0.4 is 4.80 Å². The van der Waals surface area contributed by atoms with Gasteiger partial charge < -0.3 is 0 Å². The van der Waals surface area contributed by atoms with Gasteiger partial charge in [0.25, 0.3) is 11.4 Å². The molecule has 3 aromatic rings. The lowest BCUT2D eigenvalue weighted by atomic mass is 10.2. The van der Waals surface area contributed by atoms with E-state index in [0.717, 1.165) is 11.3 Å². The first-order valence-corrected chi connectivity index (χ1v) is 7.77. The van der Waals surface area contributed by atoms with Crippen LogP contribution in [0.3, 0.4) is 0 Å². The van der Waals surface area contributed by atoms with Crippen molar-refractivity contribution in [1.29, 1.82) is 0 Å². The van der Waals surface area contributed by atoms with Crippen LogP contribution >= 0.6 is 11.3 Å². The van der Waals surface area contributed by atoms with Crippen molar-refractivity contribution in [1.82, 2.24) is 9.78 Å². The number of nitro benzene ring substituents is 2. The molecule has 26 heavy (non-hydrogen) atoms. The van der Waals surface area contributed by atoms with Gasteiger partial charge >= 0.3 is 0 Å². The normalized spacial score (nSPS) is 11.3. The van der Waals surface area contributed by atoms with E-state index in [4.69, 9.17) is 0 Å². The van der Waals surface area contributed by atoms with E-state index in [-0.39, 0.29) is 16.2 Å². The number of nitro groups is 2. The Hall–Kier alpha value is -3.80. The van der Waals surface area contributed by atoms with E-state index >= 15 is 0 Å². The summed E-state index contributed by atoms with van der Waals surface area (Å²) in [4.78, 5) is 31.3. The minimum atomic E-state index is -0.539. The third-order valence-electron chi connectivity index (χ3n) is 3.30. The fourth-order valence-electron chi connectivity index (χ4n) is 2.13. The molecule has 0 bridgehead atoms. The molecule has 0 aliphatic heterocycles. The van der Waals surface area contributed by atoms with E-state index in [9.17, 15) is 25.1 Å². The maximum Gasteiger partial charge on any atom is 0.270 e. The molecule has 0 spiro atoms. The molecule has 2 aromatic carbocycles. The van der Waals surface area contributed by atoms with Gasteiger partial charge in [-0.15, -0.1) is 4.91 Å². The number of aromatic nitrogens is 2. The highest BCUT2D eigenvalue weighted by molar-refractivity contribution is 7.12. The Morgan fingerprint density at radius 2 is 1.69 bits per heavy atom. The van der Waals surface area contributed by atoms with E-state index in [1.807, 2.05) is 0 Å². The van der Waals surface area contributed by atoms with Crippen LogP contribution in [0.4, 0.5) is 11.4 Å². The predicted octanol–water partition coefficient (Wildman–Crippen LogP) is 3.00. The van der Waals surface area contributed by atoms with Gasteiger partial charge in [0.15, 0.2) is 0 Å². The number of non-ortho nitro benzene ring substituents is 2. The van der Waals surface area contributed by atoms with E-state index < -0.39 is 9.85 Å².